The standard InChI is InChI=1S/C28H19/c1-3-10-21(11-4-1)24-18-25(22-12-5-2-6-13-22)20-26(19-24)28-17-9-15-23-14-7-8-16-27(23)28/h1-12,14-20H. The second-order valence-electron chi connectivity index (χ2n) is 6.97. The van der Waals surface area contributed by atoms with E-state index in [4.69, 9.17) is 0 Å². The van der Waals surface area contributed by atoms with E-state index in [-0.39, 0.29) is 0 Å². The summed E-state index contributed by atoms with van der Waals surface area (Å²) in [5.74, 6) is 0. The van der Waals surface area contributed by atoms with Gasteiger partial charge in [-0.25, -0.2) is 0 Å². The number of benzene rings is 5. The fourth-order valence-corrected chi connectivity index (χ4v) is 3.79. The molecule has 0 aliphatic carbocycles. The normalized spacial score (nSPS) is 10.9. The minimum Gasteiger partial charge on any atom is -0.0622 e. The molecule has 0 saturated carbocycles. The van der Waals surface area contributed by atoms with Crippen molar-refractivity contribution in [2.45, 2.75) is 0 Å². The van der Waals surface area contributed by atoms with Crippen LogP contribution in [0.3, 0.4) is 0 Å². The van der Waals surface area contributed by atoms with Gasteiger partial charge in [0.2, 0.25) is 0 Å². The minimum atomic E-state index is 1.11. The van der Waals surface area contributed by atoms with E-state index >= 15 is 0 Å². The summed E-state index contributed by atoms with van der Waals surface area (Å²) in [6.45, 7) is 0. The van der Waals surface area contributed by atoms with Crippen molar-refractivity contribution >= 4 is 10.8 Å². The lowest BCUT2D eigenvalue weighted by atomic mass is 9.91. The fourth-order valence-electron chi connectivity index (χ4n) is 3.79. The molecule has 0 aliphatic heterocycles. The largest absolute Gasteiger partial charge is 0.0622 e. The van der Waals surface area contributed by atoms with Gasteiger partial charge in [-0.15, -0.1) is 0 Å². The number of hydrogen-bond acceptors (Lipinski definition) is 0. The summed E-state index contributed by atoms with van der Waals surface area (Å²) in [4.78, 5) is 0. The van der Waals surface area contributed by atoms with Gasteiger partial charge in [-0.1, -0.05) is 97.1 Å². The van der Waals surface area contributed by atoms with Crippen molar-refractivity contribution < 1.29 is 0 Å². The highest BCUT2D eigenvalue weighted by molar-refractivity contribution is 5.98. The molecule has 0 spiro atoms. The molecule has 0 nitrogen and oxygen atoms in total. The maximum Gasteiger partial charge on any atom is -0.00992 e. The molecule has 0 atom stereocenters. The summed E-state index contributed by atoms with van der Waals surface area (Å²) in [5, 5.41) is 2.54. The van der Waals surface area contributed by atoms with E-state index in [1.807, 2.05) is 12.1 Å². The molecule has 0 saturated heterocycles. The van der Waals surface area contributed by atoms with Crippen molar-refractivity contribution in [2.24, 2.45) is 0 Å². The van der Waals surface area contributed by atoms with Crippen LogP contribution < -0.4 is 0 Å². The maximum absolute atomic E-state index is 3.38. The second kappa shape index (κ2) is 7.17. The Kier molecular flexibility index (Phi) is 4.23. The molecule has 0 unspecified atom stereocenters. The van der Waals surface area contributed by atoms with E-state index in [9.17, 15) is 0 Å². The van der Waals surface area contributed by atoms with Gasteiger partial charge in [0.1, 0.15) is 0 Å². The van der Waals surface area contributed by atoms with E-state index in [1.54, 1.807) is 0 Å². The molecule has 0 aliphatic rings. The quantitative estimate of drug-likeness (QED) is 0.312. The van der Waals surface area contributed by atoms with Gasteiger partial charge in [0.05, 0.1) is 0 Å². The predicted octanol–water partition coefficient (Wildman–Crippen LogP) is 7.64. The van der Waals surface area contributed by atoms with Gasteiger partial charge in [0.15, 0.2) is 0 Å². The molecule has 5 aromatic rings. The zero-order valence-corrected chi connectivity index (χ0v) is 15.5. The van der Waals surface area contributed by atoms with E-state index in [1.165, 1.54) is 38.6 Å². The number of fused-ring (bicyclic) bond motifs is 1. The molecule has 0 amide bonds. The van der Waals surface area contributed by atoms with Crippen LogP contribution in [0.2, 0.25) is 0 Å². The smallest absolute Gasteiger partial charge is 0.00992 e. The van der Waals surface area contributed by atoms with Crippen molar-refractivity contribution in [1.29, 1.82) is 0 Å². The van der Waals surface area contributed by atoms with Crippen LogP contribution in [-0.4, -0.2) is 0 Å². The molecular weight excluding hydrogens is 336 g/mol. The van der Waals surface area contributed by atoms with Gasteiger partial charge in [-0.3, -0.25) is 0 Å². The molecule has 1 radical (unpaired) electrons. The molecule has 0 aromatic heterocycles. The molecule has 0 heterocycles. The van der Waals surface area contributed by atoms with Crippen LogP contribution in [0, 0.1) is 6.07 Å². The average molecular weight is 355 g/mol. The lowest BCUT2D eigenvalue weighted by molar-refractivity contribution is 1.57. The highest BCUT2D eigenvalue weighted by Gasteiger charge is 2.09. The first-order valence-corrected chi connectivity index (χ1v) is 9.54. The third-order valence-electron chi connectivity index (χ3n) is 5.16. The first-order valence-electron chi connectivity index (χ1n) is 9.54. The highest BCUT2D eigenvalue weighted by Crippen LogP contribution is 2.35. The maximum atomic E-state index is 3.38. The lowest BCUT2D eigenvalue weighted by Crippen LogP contribution is -1.87. The molecule has 0 bridgehead atoms. The van der Waals surface area contributed by atoms with E-state index in [2.05, 4.69) is 109 Å². The fraction of sp³-hybridized carbons (Fsp3) is 0. The van der Waals surface area contributed by atoms with Crippen LogP contribution in [-0.2, 0) is 0 Å². The summed E-state index contributed by atoms with van der Waals surface area (Å²) in [7, 11) is 0. The summed E-state index contributed by atoms with van der Waals surface area (Å²) in [5.41, 5.74) is 7.23. The van der Waals surface area contributed by atoms with E-state index in [0.29, 0.717) is 0 Å². The van der Waals surface area contributed by atoms with Gasteiger partial charge >= 0.3 is 0 Å². The SMILES string of the molecule is [c]1ccccc1-c1cc(-c2ccccc2)cc(-c2cccc3ccccc23)c1. The molecule has 131 valence electrons. The first kappa shape index (κ1) is 16.5. The van der Waals surface area contributed by atoms with Crippen molar-refractivity contribution in [1.82, 2.24) is 0 Å². The molecule has 0 fully saturated rings. The van der Waals surface area contributed by atoms with Crippen LogP contribution in [0.4, 0.5) is 0 Å². The molecule has 5 aromatic carbocycles. The Morgan fingerprint density at radius 2 is 1.18 bits per heavy atom. The first-order chi connectivity index (χ1) is 13.9. The summed E-state index contributed by atoms with van der Waals surface area (Å²) in [6.07, 6.45) is 0. The van der Waals surface area contributed by atoms with Crippen molar-refractivity contribution in [2.75, 3.05) is 0 Å². The second-order valence-corrected chi connectivity index (χ2v) is 6.97. The van der Waals surface area contributed by atoms with Crippen molar-refractivity contribution in [3.63, 3.8) is 0 Å². The van der Waals surface area contributed by atoms with Gasteiger partial charge in [0, 0.05) is 0 Å². The summed E-state index contributed by atoms with van der Waals surface area (Å²) in [6, 6.07) is 44.1. The Labute approximate surface area is 165 Å². The Bertz CT molecular complexity index is 1170. The zero-order chi connectivity index (χ0) is 18.8. The molecule has 0 heteroatoms. The lowest BCUT2D eigenvalue weighted by Gasteiger charge is -2.13. The van der Waals surface area contributed by atoms with Crippen LogP contribution in [0.25, 0.3) is 44.2 Å². The van der Waals surface area contributed by atoms with Crippen LogP contribution >= 0.6 is 0 Å². The van der Waals surface area contributed by atoms with E-state index < -0.39 is 0 Å². The minimum absolute atomic E-state index is 1.11. The molecule has 5 rings (SSSR count). The van der Waals surface area contributed by atoms with Crippen molar-refractivity contribution in [3.05, 3.63) is 121 Å². The molecule has 0 N–H and O–H groups in total. The van der Waals surface area contributed by atoms with Gasteiger partial charge in [-0.2, -0.15) is 0 Å². The zero-order valence-electron chi connectivity index (χ0n) is 15.5. The Hall–Kier alpha value is -3.64. The van der Waals surface area contributed by atoms with Gasteiger partial charge in [0.25, 0.3) is 0 Å². The van der Waals surface area contributed by atoms with Crippen LogP contribution in [0.1, 0.15) is 0 Å². The van der Waals surface area contributed by atoms with E-state index in [0.717, 1.165) is 5.56 Å². The third-order valence-corrected chi connectivity index (χ3v) is 5.16. The van der Waals surface area contributed by atoms with Crippen LogP contribution in [0.15, 0.2) is 115 Å². The van der Waals surface area contributed by atoms with Crippen molar-refractivity contribution in [3.8, 4) is 33.4 Å². The average Bonchev–Trinajstić information content (AvgIpc) is 2.79. The predicted molar refractivity (Wildman–Crippen MR) is 119 cm³/mol. The Balaban J connectivity index is 1.78. The van der Waals surface area contributed by atoms with Gasteiger partial charge < -0.3 is 0 Å². The number of rotatable bonds is 3. The molecule has 28 heavy (non-hydrogen) atoms. The monoisotopic (exact) mass is 355 g/mol. The van der Waals surface area contributed by atoms with Crippen LogP contribution in [0.5, 0.6) is 0 Å². The topological polar surface area (TPSA) is 0 Å². The molecular formula is C28H19. The third kappa shape index (κ3) is 3.10. The summed E-state index contributed by atoms with van der Waals surface area (Å²) >= 11 is 0. The summed E-state index contributed by atoms with van der Waals surface area (Å²) < 4.78 is 0. The Morgan fingerprint density at radius 3 is 2.04 bits per heavy atom. The highest BCUT2D eigenvalue weighted by atomic mass is 14.1. The van der Waals surface area contributed by atoms with Gasteiger partial charge in [-0.05, 0) is 68.4 Å². The Morgan fingerprint density at radius 1 is 0.464 bits per heavy atom. The number of hydrogen-bond donors (Lipinski definition) is 0.